The predicted octanol–water partition coefficient (Wildman–Crippen LogP) is 1.28. The van der Waals surface area contributed by atoms with E-state index in [1.54, 1.807) is 0 Å². The van der Waals surface area contributed by atoms with Crippen molar-refractivity contribution in [3.05, 3.63) is 0 Å². The van der Waals surface area contributed by atoms with E-state index < -0.39 is 5.41 Å². The highest BCUT2D eigenvalue weighted by Crippen LogP contribution is 2.19. The summed E-state index contributed by atoms with van der Waals surface area (Å²) in [5.74, 6) is 2.57. The number of terminal acetylenes is 1. The molecule has 0 rings (SSSR count). The van der Waals surface area contributed by atoms with Crippen LogP contribution in [0.1, 0.15) is 40.0 Å². The highest BCUT2D eigenvalue weighted by atomic mass is 16.2. The third-order valence-electron chi connectivity index (χ3n) is 2.97. The van der Waals surface area contributed by atoms with Gasteiger partial charge in [-0.15, -0.1) is 12.3 Å². The van der Waals surface area contributed by atoms with E-state index in [0.717, 1.165) is 12.8 Å². The standard InChI is InChI=1S/C12H22N2O/c1-5-8-10(6-2)14-11(15)12(4,7-3)9-13/h1,10H,6-9,13H2,2-4H3,(H,14,15). The van der Waals surface area contributed by atoms with E-state index in [1.807, 2.05) is 20.8 Å². The zero-order chi connectivity index (χ0) is 11.9. The molecule has 0 aromatic carbocycles. The SMILES string of the molecule is C#CCC(CC)NC(=O)C(C)(CC)CN. The van der Waals surface area contributed by atoms with Gasteiger partial charge in [0.2, 0.25) is 5.91 Å². The van der Waals surface area contributed by atoms with Crippen LogP contribution in [-0.4, -0.2) is 18.5 Å². The molecule has 0 aliphatic heterocycles. The Morgan fingerprint density at radius 1 is 1.60 bits per heavy atom. The number of rotatable bonds is 6. The molecule has 0 spiro atoms. The molecule has 0 radical (unpaired) electrons. The van der Waals surface area contributed by atoms with Crippen LogP contribution in [0.25, 0.3) is 0 Å². The Morgan fingerprint density at radius 3 is 2.53 bits per heavy atom. The van der Waals surface area contributed by atoms with Gasteiger partial charge in [0.1, 0.15) is 0 Å². The van der Waals surface area contributed by atoms with E-state index in [-0.39, 0.29) is 11.9 Å². The lowest BCUT2D eigenvalue weighted by molar-refractivity contribution is -0.130. The molecule has 15 heavy (non-hydrogen) atoms. The number of carbonyl (C=O) groups is 1. The molecule has 0 aromatic rings. The smallest absolute Gasteiger partial charge is 0.227 e. The van der Waals surface area contributed by atoms with Crippen LogP contribution in [0, 0.1) is 17.8 Å². The van der Waals surface area contributed by atoms with Crippen molar-refractivity contribution in [1.82, 2.24) is 5.32 Å². The number of amides is 1. The van der Waals surface area contributed by atoms with Crippen molar-refractivity contribution in [3.63, 3.8) is 0 Å². The van der Waals surface area contributed by atoms with E-state index in [0.29, 0.717) is 13.0 Å². The van der Waals surface area contributed by atoms with Gasteiger partial charge in [0.25, 0.3) is 0 Å². The monoisotopic (exact) mass is 210 g/mol. The van der Waals surface area contributed by atoms with Gasteiger partial charge < -0.3 is 11.1 Å². The first-order valence-electron chi connectivity index (χ1n) is 5.48. The van der Waals surface area contributed by atoms with Crippen LogP contribution in [0.5, 0.6) is 0 Å². The third-order valence-corrected chi connectivity index (χ3v) is 2.97. The number of nitrogens with one attached hydrogen (secondary N) is 1. The second-order valence-electron chi connectivity index (χ2n) is 4.11. The van der Waals surface area contributed by atoms with Crippen molar-refractivity contribution < 1.29 is 4.79 Å². The van der Waals surface area contributed by atoms with Gasteiger partial charge >= 0.3 is 0 Å². The maximum atomic E-state index is 11.9. The van der Waals surface area contributed by atoms with Crippen molar-refractivity contribution in [1.29, 1.82) is 0 Å². The van der Waals surface area contributed by atoms with Gasteiger partial charge in [-0.1, -0.05) is 13.8 Å². The first kappa shape index (κ1) is 14.0. The number of carbonyl (C=O) groups excluding carboxylic acids is 1. The van der Waals surface area contributed by atoms with E-state index in [2.05, 4.69) is 11.2 Å². The molecule has 0 aliphatic rings. The average Bonchev–Trinajstić information content (AvgIpc) is 2.27. The summed E-state index contributed by atoms with van der Waals surface area (Å²) in [6.45, 7) is 6.22. The highest BCUT2D eigenvalue weighted by Gasteiger charge is 2.30. The fraction of sp³-hybridized carbons (Fsp3) is 0.750. The lowest BCUT2D eigenvalue weighted by atomic mass is 9.86. The van der Waals surface area contributed by atoms with Gasteiger partial charge in [-0.25, -0.2) is 0 Å². The van der Waals surface area contributed by atoms with Crippen molar-refractivity contribution in [2.24, 2.45) is 11.1 Å². The summed E-state index contributed by atoms with van der Waals surface area (Å²) in [5, 5.41) is 2.95. The quantitative estimate of drug-likeness (QED) is 0.649. The molecule has 0 aromatic heterocycles. The Morgan fingerprint density at radius 2 is 2.20 bits per heavy atom. The van der Waals surface area contributed by atoms with Crippen LogP contribution in [-0.2, 0) is 4.79 Å². The van der Waals surface area contributed by atoms with Crippen LogP contribution in [0.2, 0.25) is 0 Å². The summed E-state index contributed by atoms with van der Waals surface area (Å²) in [4.78, 5) is 11.9. The van der Waals surface area contributed by atoms with Crippen molar-refractivity contribution in [2.75, 3.05) is 6.54 Å². The molecule has 3 N–H and O–H groups in total. The minimum Gasteiger partial charge on any atom is -0.352 e. The molecule has 3 nitrogen and oxygen atoms in total. The fourth-order valence-electron chi connectivity index (χ4n) is 1.20. The topological polar surface area (TPSA) is 55.1 Å². The Balaban J connectivity index is 4.39. The Hall–Kier alpha value is -1.01. The molecular weight excluding hydrogens is 188 g/mol. The second-order valence-corrected chi connectivity index (χ2v) is 4.11. The molecule has 0 fully saturated rings. The first-order chi connectivity index (χ1) is 7.03. The van der Waals surface area contributed by atoms with Crippen LogP contribution < -0.4 is 11.1 Å². The normalized spacial score (nSPS) is 16.2. The molecule has 0 aliphatic carbocycles. The van der Waals surface area contributed by atoms with Crippen LogP contribution in [0.15, 0.2) is 0 Å². The summed E-state index contributed by atoms with van der Waals surface area (Å²) in [6.07, 6.45) is 7.39. The molecule has 2 unspecified atom stereocenters. The largest absolute Gasteiger partial charge is 0.352 e. The highest BCUT2D eigenvalue weighted by molar-refractivity contribution is 5.82. The molecule has 86 valence electrons. The van der Waals surface area contributed by atoms with Crippen LogP contribution in [0.4, 0.5) is 0 Å². The molecule has 1 amide bonds. The van der Waals surface area contributed by atoms with Crippen molar-refractivity contribution >= 4 is 5.91 Å². The predicted molar refractivity (Wildman–Crippen MR) is 63.1 cm³/mol. The van der Waals surface area contributed by atoms with E-state index in [4.69, 9.17) is 12.2 Å². The van der Waals surface area contributed by atoms with E-state index in [1.165, 1.54) is 0 Å². The third kappa shape index (κ3) is 3.93. The molecular formula is C12H22N2O. The minimum atomic E-state index is -0.470. The van der Waals surface area contributed by atoms with Gasteiger partial charge in [-0.05, 0) is 19.8 Å². The van der Waals surface area contributed by atoms with E-state index >= 15 is 0 Å². The lowest BCUT2D eigenvalue weighted by Gasteiger charge is -2.27. The summed E-state index contributed by atoms with van der Waals surface area (Å²) < 4.78 is 0. The molecule has 0 saturated heterocycles. The van der Waals surface area contributed by atoms with Crippen molar-refractivity contribution in [2.45, 2.75) is 46.1 Å². The molecule has 0 saturated carbocycles. The molecule has 3 heteroatoms. The number of hydrogen-bond acceptors (Lipinski definition) is 2. The zero-order valence-corrected chi connectivity index (χ0v) is 9.97. The van der Waals surface area contributed by atoms with Crippen molar-refractivity contribution in [3.8, 4) is 12.3 Å². The molecule has 0 bridgehead atoms. The average molecular weight is 210 g/mol. The van der Waals surface area contributed by atoms with Gasteiger partial charge in [0.15, 0.2) is 0 Å². The number of hydrogen-bond donors (Lipinski definition) is 2. The summed E-state index contributed by atoms with van der Waals surface area (Å²) in [7, 11) is 0. The van der Waals surface area contributed by atoms with Crippen LogP contribution in [0.3, 0.4) is 0 Å². The second kappa shape index (κ2) is 6.47. The maximum Gasteiger partial charge on any atom is 0.227 e. The lowest BCUT2D eigenvalue weighted by Crippen LogP contribution is -2.47. The van der Waals surface area contributed by atoms with Gasteiger partial charge in [0.05, 0.1) is 5.41 Å². The summed E-state index contributed by atoms with van der Waals surface area (Å²) >= 11 is 0. The van der Waals surface area contributed by atoms with Gasteiger partial charge in [0, 0.05) is 19.0 Å². The van der Waals surface area contributed by atoms with Gasteiger partial charge in [-0.2, -0.15) is 0 Å². The Bertz CT molecular complexity index is 238. The summed E-state index contributed by atoms with van der Waals surface area (Å²) in [6, 6.07) is 0.0694. The Kier molecular flexibility index (Phi) is 6.03. The summed E-state index contributed by atoms with van der Waals surface area (Å²) in [5.41, 5.74) is 5.14. The van der Waals surface area contributed by atoms with Crippen LogP contribution >= 0.6 is 0 Å². The Labute approximate surface area is 92.8 Å². The first-order valence-corrected chi connectivity index (χ1v) is 5.48. The minimum absolute atomic E-state index is 0.00889. The van der Waals surface area contributed by atoms with E-state index in [9.17, 15) is 4.79 Å². The van der Waals surface area contributed by atoms with Gasteiger partial charge in [-0.3, -0.25) is 4.79 Å². The zero-order valence-electron chi connectivity index (χ0n) is 9.97. The molecule has 0 heterocycles. The fourth-order valence-corrected chi connectivity index (χ4v) is 1.20. The molecule has 2 atom stereocenters. The number of nitrogens with two attached hydrogens (primary N) is 1. The maximum absolute atomic E-state index is 11.9.